The lowest BCUT2D eigenvalue weighted by atomic mass is 10.3. The summed E-state index contributed by atoms with van der Waals surface area (Å²) < 4.78 is 0.737. The molecule has 0 spiro atoms. The smallest absolute Gasteiger partial charge is 0.321 e. The van der Waals surface area contributed by atoms with Crippen molar-refractivity contribution in [2.24, 2.45) is 5.73 Å². The minimum Gasteiger partial charge on any atom is -0.507 e. The fourth-order valence-corrected chi connectivity index (χ4v) is 2.44. The van der Waals surface area contributed by atoms with Crippen molar-refractivity contribution in [1.29, 1.82) is 0 Å². The number of aromatic hydroxyl groups is 1. The Morgan fingerprint density at radius 1 is 1.60 bits per heavy atom. The maximum Gasteiger partial charge on any atom is 0.321 e. The average Bonchev–Trinajstić information content (AvgIpc) is 2.19. The van der Waals surface area contributed by atoms with Crippen LogP contribution in [0, 0.1) is 3.57 Å². The van der Waals surface area contributed by atoms with Crippen LogP contribution in [0.2, 0.25) is 0 Å². The summed E-state index contributed by atoms with van der Waals surface area (Å²) in [6.45, 7) is 0. The molecule has 1 aromatic carbocycles. The van der Waals surface area contributed by atoms with Gasteiger partial charge in [-0.1, -0.05) is 0 Å². The number of rotatable bonds is 4. The van der Waals surface area contributed by atoms with Crippen molar-refractivity contribution >= 4 is 40.3 Å². The van der Waals surface area contributed by atoms with E-state index in [1.54, 1.807) is 18.2 Å². The second kappa shape index (κ2) is 5.57. The highest BCUT2D eigenvalue weighted by Crippen LogP contribution is 2.26. The molecule has 0 aliphatic rings. The largest absolute Gasteiger partial charge is 0.507 e. The summed E-state index contributed by atoms with van der Waals surface area (Å²) in [5.74, 6) is -0.464. The van der Waals surface area contributed by atoms with Gasteiger partial charge < -0.3 is 15.9 Å². The van der Waals surface area contributed by atoms with Gasteiger partial charge in [0.1, 0.15) is 11.8 Å². The van der Waals surface area contributed by atoms with Crippen molar-refractivity contribution < 1.29 is 15.0 Å². The molecule has 0 amide bonds. The van der Waals surface area contributed by atoms with Gasteiger partial charge in [-0.2, -0.15) is 0 Å². The first kappa shape index (κ1) is 12.6. The molecule has 0 aliphatic heterocycles. The van der Waals surface area contributed by atoms with Gasteiger partial charge in [-0.05, 0) is 40.8 Å². The van der Waals surface area contributed by atoms with Crippen molar-refractivity contribution in [3.8, 4) is 5.75 Å². The molecule has 0 aliphatic carbocycles. The standard InChI is InChI=1S/C9H10INO3S/c10-6-3-5(1-2-8(6)12)15-4-7(11)9(13)14/h1-3,7,12H,4,11H2,(H,13,14). The quantitative estimate of drug-likeness (QED) is 0.572. The number of hydrogen-bond donors (Lipinski definition) is 3. The molecule has 15 heavy (non-hydrogen) atoms. The van der Waals surface area contributed by atoms with E-state index in [0.29, 0.717) is 5.75 Å². The zero-order valence-electron chi connectivity index (χ0n) is 7.68. The summed E-state index contributed by atoms with van der Waals surface area (Å²) in [6.07, 6.45) is 0. The van der Waals surface area contributed by atoms with E-state index in [-0.39, 0.29) is 5.75 Å². The van der Waals surface area contributed by atoms with Crippen LogP contribution in [-0.2, 0) is 4.79 Å². The number of thioether (sulfide) groups is 1. The van der Waals surface area contributed by atoms with Gasteiger partial charge in [0.25, 0.3) is 0 Å². The predicted octanol–water partition coefficient (Wildman–Crippen LogP) is 1.50. The van der Waals surface area contributed by atoms with E-state index in [1.807, 2.05) is 22.6 Å². The zero-order chi connectivity index (χ0) is 11.4. The number of phenols is 1. The molecule has 0 fully saturated rings. The molecule has 0 aromatic heterocycles. The van der Waals surface area contributed by atoms with Crippen molar-refractivity contribution in [2.45, 2.75) is 10.9 Å². The van der Waals surface area contributed by atoms with Crippen LogP contribution in [0.5, 0.6) is 5.75 Å². The number of carboxylic acids is 1. The van der Waals surface area contributed by atoms with E-state index >= 15 is 0 Å². The normalized spacial score (nSPS) is 12.4. The molecule has 4 nitrogen and oxygen atoms in total. The van der Waals surface area contributed by atoms with Crippen LogP contribution in [0.25, 0.3) is 0 Å². The second-order valence-corrected chi connectivity index (χ2v) is 5.12. The maximum absolute atomic E-state index is 10.5. The molecule has 1 unspecified atom stereocenters. The first-order valence-corrected chi connectivity index (χ1v) is 6.17. The Balaban J connectivity index is 2.58. The van der Waals surface area contributed by atoms with E-state index in [1.165, 1.54) is 11.8 Å². The van der Waals surface area contributed by atoms with Gasteiger partial charge >= 0.3 is 5.97 Å². The Labute approximate surface area is 105 Å². The van der Waals surface area contributed by atoms with E-state index in [4.69, 9.17) is 10.8 Å². The van der Waals surface area contributed by atoms with Crippen LogP contribution < -0.4 is 5.73 Å². The maximum atomic E-state index is 10.5. The third kappa shape index (κ3) is 3.88. The van der Waals surface area contributed by atoms with E-state index in [9.17, 15) is 9.90 Å². The Morgan fingerprint density at radius 2 is 2.27 bits per heavy atom. The van der Waals surface area contributed by atoms with Gasteiger partial charge in [-0.25, -0.2) is 0 Å². The zero-order valence-corrected chi connectivity index (χ0v) is 10.7. The molecular weight excluding hydrogens is 329 g/mol. The van der Waals surface area contributed by atoms with E-state index in [2.05, 4.69) is 0 Å². The number of carbonyl (C=O) groups is 1. The molecule has 6 heteroatoms. The van der Waals surface area contributed by atoms with Gasteiger partial charge in [0.2, 0.25) is 0 Å². The Morgan fingerprint density at radius 3 is 2.80 bits per heavy atom. The molecule has 82 valence electrons. The summed E-state index contributed by atoms with van der Waals surface area (Å²) in [6, 6.07) is 4.24. The fraction of sp³-hybridized carbons (Fsp3) is 0.222. The number of hydrogen-bond acceptors (Lipinski definition) is 4. The molecule has 4 N–H and O–H groups in total. The van der Waals surface area contributed by atoms with Crippen LogP contribution in [0.15, 0.2) is 23.1 Å². The molecule has 1 rings (SSSR count). The average molecular weight is 339 g/mol. The molecule has 0 heterocycles. The third-order valence-corrected chi connectivity index (χ3v) is 3.64. The van der Waals surface area contributed by atoms with Crippen LogP contribution in [0.4, 0.5) is 0 Å². The minimum atomic E-state index is -1.00. The first-order chi connectivity index (χ1) is 7.00. The lowest BCUT2D eigenvalue weighted by molar-refractivity contribution is -0.137. The van der Waals surface area contributed by atoms with E-state index < -0.39 is 12.0 Å². The Bertz CT molecular complexity index is 372. The van der Waals surface area contributed by atoms with Crippen molar-refractivity contribution in [3.05, 3.63) is 21.8 Å². The van der Waals surface area contributed by atoms with Gasteiger partial charge in [-0.15, -0.1) is 11.8 Å². The summed E-state index contributed by atoms with van der Waals surface area (Å²) in [5, 5.41) is 17.9. The van der Waals surface area contributed by atoms with E-state index in [0.717, 1.165) is 8.47 Å². The SMILES string of the molecule is NC(CSc1ccc(O)c(I)c1)C(=O)O. The number of phenolic OH excluding ortho intramolecular Hbond substituents is 1. The topological polar surface area (TPSA) is 83.5 Å². The number of nitrogens with two attached hydrogens (primary N) is 1. The van der Waals surface area contributed by atoms with Crippen LogP contribution in [0.3, 0.4) is 0 Å². The van der Waals surface area contributed by atoms with Crippen molar-refractivity contribution in [2.75, 3.05) is 5.75 Å². The molecule has 0 radical (unpaired) electrons. The van der Waals surface area contributed by atoms with Crippen molar-refractivity contribution in [3.63, 3.8) is 0 Å². The van der Waals surface area contributed by atoms with Gasteiger partial charge in [0.05, 0.1) is 3.57 Å². The Hall–Kier alpha value is -0.470. The molecule has 0 bridgehead atoms. The minimum absolute atomic E-state index is 0.225. The number of benzene rings is 1. The second-order valence-electron chi connectivity index (χ2n) is 2.87. The highest BCUT2D eigenvalue weighted by molar-refractivity contribution is 14.1. The Kier molecular flexibility index (Phi) is 4.68. The van der Waals surface area contributed by atoms with Crippen LogP contribution in [-0.4, -0.2) is 28.0 Å². The van der Waals surface area contributed by atoms with Gasteiger partial charge in [-0.3, -0.25) is 4.79 Å². The monoisotopic (exact) mass is 339 g/mol. The fourth-order valence-electron chi connectivity index (χ4n) is 0.835. The molecule has 0 saturated heterocycles. The number of halogens is 1. The van der Waals surface area contributed by atoms with Gasteiger partial charge in [0.15, 0.2) is 0 Å². The lowest BCUT2D eigenvalue weighted by Crippen LogP contribution is -2.32. The van der Waals surface area contributed by atoms with Crippen LogP contribution >= 0.6 is 34.4 Å². The molecular formula is C9H10INO3S. The number of aliphatic carboxylic acids is 1. The van der Waals surface area contributed by atoms with Gasteiger partial charge in [0, 0.05) is 10.6 Å². The summed E-state index contributed by atoms with van der Waals surface area (Å²) in [5.41, 5.74) is 5.36. The predicted molar refractivity (Wildman–Crippen MR) is 67.2 cm³/mol. The summed E-state index contributed by atoms with van der Waals surface area (Å²) in [4.78, 5) is 11.4. The highest BCUT2D eigenvalue weighted by atomic mass is 127. The third-order valence-electron chi connectivity index (χ3n) is 1.67. The molecule has 0 saturated carbocycles. The highest BCUT2D eigenvalue weighted by Gasteiger charge is 2.11. The summed E-state index contributed by atoms with van der Waals surface area (Å²) >= 11 is 3.37. The van der Waals surface area contributed by atoms with Crippen LogP contribution in [0.1, 0.15) is 0 Å². The van der Waals surface area contributed by atoms with Crippen molar-refractivity contribution in [1.82, 2.24) is 0 Å². The lowest BCUT2D eigenvalue weighted by Gasteiger charge is -2.06. The first-order valence-electron chi connectivity index (χ1n) is 4.10. The number of carboxylic acid groups (broad SMARTS) is 1. The summed E-state index contributed by atoms with van der Waals surface area (Å²) in [7, 11) is 0. The molecule has 1 atom stereocenters. The molecule has 1 aromatic rings.